The lowest BCUT2D eigenvalue weighted by Gasteiger charge is -2.36. The lowest BCUT2D eigenvalue weighted by molar-refractivity contribution is -0.149. The average Bonchev–Trinajstić information content (AvgIpc) is 2.25. The number of piperidine rings is 1. The number of ether oxygens (including phenoxy) is 1. The van der Waals surface area contributed by atoms with Gasteiger partial charge in [0.05, 0.1) is 12.0 Å². The summed E-state index contributed by atoms with van der Waals surface area (Å²) in [5.74, 6) is -1.13. The Hall–Kier alpha value is -1.10. The standard InChI is InChI=1S/C12H21NO4/c1-8(2)17-7-11(14)13-5-4-10(12(15)16)6-9(13)3/h8-10H,4-7H2,1-3H3,(H,15,16). The molecule has 0 aromatic carbocycles. The molecule has 1 aliphatic rings. The lowest BCUT2D eigenvalue weighted by Crippen LogP contribution is -2.47. The Bertz CT molecular complexity index is 290. The molecule has 0 aromatic heterocycles. The Morgan fingerprint density at radius 3 is 2.59 bits per heavy atom. The number of amides is 1. The van der Waals surface area contributed by atoms with Crippen LogP contribution in [0.4, 0.5) is 0 Å². The monoisotopic (exact) mass is 243 g/mol. The fourth-order valence-electron chi connectivity index (χ4n) is 2.09. The van der Waals surface area contributed by atoms with E-state index >= 15 is 0 Å². The Morgan fingerprint density at radius 2 is 2.12 bits per heavy atom. The van der Waals surface area contributed by atoms with Gasteiger partial charge in [0.2, 0.25) is 5.91 Å². The van der Waals surface area contributed by atoms with Crippen molar-refractivity contribution in [2.75, 3.05) is 13.2 Å². The van der Waals surface area contributed by atoms with Crippen LogP contribution in [0.2, 0.25) is 0 Å². The SMILES string of the molecule is CC(C)OCC(=O)N1CCC(C(=O)O)CC1C. The Morgan fingerprint density at radius 1 is 1.47 bits per heavy atom. The molecule has 1 saturated heterocycles. The number of carbonyl (C=O) groups is 2. The maximum absolute atomic E-state index is 11.8. The largest absolute Gasteiger partial charge is 0.481 e. The van der Waals surface area contributed by atoms with Gasteiger partial charge in [0.1, 0.15) is 6.61 Å². The number of carbonyl (C=O) groups excluding carboxylic acids is 1. The Balaban J connectivity index is 2.46. The average molecular weight is 243 g/mol. The molecule has 2 atom stereocenters. The first-order valence-corrected chi connectivity index (χ1v) is 6.05. The van der Waals surface area contributed by atoms with E-state index in [9.17, 15) is 9.59 Å². The summed E-state index contributed by atoms with van der Waals surface area (Å²) >= 11 is 0. The molecule has 1 rings (SSSR count). The fraction of sp³-hybridized carbons (Fsp3) is 0.833. The summed E-state index contributed by atoms with van der Waals surface area (Å²) in [6.45, 7) is 6.25. The van der Waals surface area contributed by atoms with E-state index in [4.69, 9.17) is 9.84 Å². The Labute approximate surface area is 102 Å². The summed E-state index contributed by atoms with van der Waals surface area (Å²) < 4.78 is 5.27. The van der Waals surface area contributed by atoms with Crippen molar-refractivity contribution in [3.63, 3.8) is 0 Å². The second-order valence-electron chi connectivity index (χ2n) is 4.86. The lowest BCUT2D eigenvalue weighted by atomic mass is 9.92. The second kappa shape index (κ2) is 6.00. The zero-order chi connectivity index (χ0) is 13.0. The number of nitrogens with zero attached hydrogens (tertiary/aromatic N) is 1. The minimum atomic E-state index is -0.762. The Kier molecular flexibility index (Phi) is 4.93. The number of likely N-dealkylation sites (tertiary alicyclic amines) is 1. The van der Waals surface area contributed by atoms with Crippen LogP contribution in [0.15, 0.2) is 0 Å². The van der Waals surface area contributed by atoms with Gasteiger partial charge >= 0.3 is 5.97 Å². The number of rotatable bonds is 4. The molecule has 5 heteroatoms. The fourth-order valence-corrected chi connectivity index (χ4v) is 2.09. The highest BCUT2D eigenvalue weighted by atomic mass is 16.5. The van der Waals surface area contributed by atoms with E-state index < -0.39 is 5.97 Å². The van der Waals surface area contributed by atoms with Crippen molar-refractivity contribution < 1.29 is 19.4 Å². The van der Waals surface area contributed by atoms with Crippen molar-refractivity contribution in [2.45, 2.75) is 45.8 Å². The first-order valence-electron chi connectivity index (χ1n) is 6.05. The maximum atomic E-state index is 11.8. The van der Waals surface area contributed by atoms with E-state index in [1.807, 2.05) is 20.8 Å². The smallest absolute Gasteiger partial charge is 0.306 e. The van der Waals surface area contributed by atoms with Crippen LogP contribution < -0.4 is 0 Å². The third-order valence-electron chi connectivity index (χ3n) is 3.09. The predicted molar refractivity (Wildman–Crippen MR) is 62.6 cm³/mol. The van der Waals surface area contributed by atoms with Gasteiger partial charge in [-0.1, -0.05) is 0 Å². The number of carboxylic acid groups (broad SMARTS) is 1. The summed E-state index contributed by atoms with van der Waals surface area (Å²) in [6, 6.07) is -0.0203. The summed E-state index contributed by atoms with van der Waals surface area (Å²) in [6.07, 6.45) is 1.10. The van der Waals surface area contributed by atoms with Crippen LogP contribution in [-0.2, 0) is 14.3 Å². The van der Waals surface area contributed by atoms with Gasteiger partial charge in [0.15, 0.2) is 0 Å². The van der Waals surface area contributed by atoms with Crippen molar-refractivity contribution in [2.24, 2.45) is 5.92 Å². The normalized spacial score (nSPS) is 25.1. The van der Waals surface area contributed by atoms with E-state index in [0.717, 1.165) is 0 Å². The minimum Gasteiger partial charge on any atom is -0.481 e. The van der Waals surface area contributed by atoms with Crippen LogP contribution in [0.1, 0.15) is 33.6 Å². The molecule has 0 spiro atoms. The van der Waals surface area contributed by atoms with Gasteiger partial charge in [-0.25, -0.2) is 0 Å². The molecule has 5 nitrogen and oxygen atoms in total. The van der Waals surface area contributed by atoms with Crippen LogP contribution >= 0.6 is 0 Å². The molecule has 1 amide bonds. The highest BCUT2D eigenvalue weighted by molar-refractivity contribution is 5.78. The molecule has 0 aromatic rings. The molecular formula is C12H21NO4. The van der Waals surface area contributed by atoms with Crippen molar-refractivity contribution in [1.82, 2.24) is 4.90 Å². The zero-order valence-corrected chi connectivity index (χ0v) is 10.7. The first kappa shape index (κ1) is 14.0. The maximum Gasteiger partial charge on any atom is 0.306 e. The van der Waals surface area contributed by atoms with Gasteiger partial charge in [0, 0.05) is 12.6 Å². The third kappa shape index (κ3) is 4.00. The highest BCUT2D eigenvalue weighted by Crippen LogP contribution is 2.23. The van der Waals surface area contributed by atoms with E-state index in [1.165, 1.54) is 0 Å². The van der Waals surface area contributed by atoms with Crippen LogP contribution in [-0.4, -0.2) is 47.2 Å². The van der Waals surface area contributed by atoms with Crippen LogP contribution in [0, 0.1) is 5.92 Å². The van der Waals surface area contributed by atoms with E-state index in [-0.39, 0.29) is 30.6 Å². The van der Waals surface area contributed by atoms with Crippen molar-refractivity contribution in [3.05, 3.63) is 0 Å². The second-order valence-corrected chi connectivity index (χ2v) is 4.86. The molecule has 98 valence electrons. The van der Waals surface area contributed by atoms with Gasteiger partial charge < -0.3 is 14.7 Å². The summed E-state index contributed by atoms with van der Waals surface area (Å²) in [4.78, 5) is 24.4. The number of hydrogen-bond acceptors (Lipinski definition) is 3. The highest BCUT2D eigenvalue weighted by Gasteiger charge is 2.32. The molecule has 0 aliphatic carbocycles. The number of aliphatic carboxylic acids is 1. The molecule has 0 bridgehead atoms. The van der Waals surface area contributed by atoms with Crippen LogP contribution in [0.5, 0.6) is 0 Å². The molecule has 17 heavy (non-hydrogen) atoms. The molecule has 1 heterocycles. The molecule has 0 saturated carbocycles. The minimum absolute atomic E-state index is 0.0203. The summed E-state index contributed by atoms with van der Waals surface area (Å²) in [5.41, 5.74) is 0. The van der Waals surface area contributed by atoms with E-state index in [0.29, 0.717) is 19.4 Å². The number of hydrogen-bond donors (Lipinski definition) is 1. The third-order valence-corrected chi connectivity index (χ3v) is 3.09. The van der Waals surface area contributed by atoms with Gasteiger partial charge in [0.25, 0.3) is 0 Å². The van der Waals surface area contributed by atoms with E-state index in [1.54, 1.807) is 4.90 Å². The zero-order valence-electron chi connectivity index (χ0n) is 10.7. The van der Waals surface area contributed by atoms with Gasteiger partial charge in [-0.05, 0) is 33.6 Å². The first-order chi connectivity index (χ1) is 7.91. The van der Waals surface area contributed by atoms with E-state index in [2.05, 4.69) is 0 Å². The summed E-state index contributed by atoms with van der Waals surface area (Å²) in [5, 5.41) is 8.93. The van der Waals surface area contributed by atoms with Gasteiger partial charge in [-0.2, -0.15) is 0 Å². The number of carboxylic acids is 1. The predicted octanol–water partition coefficient (Wildman–Crippen LogP) is 1.12. The topological polar surface area (TPSA) is 66.8 Å². The van der Waals surface area contributed by atoms with Gasteiger partial charge in [-0.15, -0.1) is 0 Å². The quantitative estimate of drug-likeness (QED) is 0.803. The van der Waals surface area contributed by atoms with Crippen molar-refractivity contribution in [3.8, 4) is 0 Å². The molecule has 2 unspecified atom stereocenters. The van der Waals surface area contributed by atoms with Crippen LogP contribution in [0.3, 0.4) is 0 Å². The van der Waals surface area contributed by atoms with Gasteiger partial charge in [-0.3, -0.25) is 9.59 Å². The molecule has 0 radical (unpaired) electrons. The molecule has 1 fully saturated rings. The van der Waals surface area contributed by atoms with Crippen molar-refractivity contribution >= 4 is 11.9 Å². The van der Waals surface area contributed by atoms with Crippen LogP contribution in [0.25, 0.3) is 0 Å². The molecule has 1 aliphatic heterocycles. The molecular weight excluding hydrogens is 222 g/mol. The van der Waals surface area contributed by atoms with Crippen molar-refractivity contribution in [1.29, 1.82) is 0 Å². The summed E-state index contributed by atoms with van der Waals surface area (Å²) in [7, 11) is 0. The molecule has 1 N–H and O–H groups in total.